The van der Waals surface area contributed by atoms with Crippen LogP contribution >= 0.6 is 0 Å². The Morgan fingerprint density at radius 3 is 2.44 bits per heavy atom. The van der Waals surface area contributed by atoms with E-state index in [9.17, 15) is 4.79 Å². The molecule has 2 atom stereocenters. The number of carbonyl (C=O) groups excluding carboxylic acids is 1. The first-order valence-corrected chi connectivity index (χ1v) is 6.33. The lowest BCUT2D eigenvalue weighted by atomic mass is 9.63. The number of rotatable bonds is 1. The van der Waals surface area contributed by atoms with Crippen molar-refractivity contribution < 1.29 is 4.79 Å². The first-order chi connectivity index (χ1) is 7.51. The van der Waals surface area contributed by atoms with Crippen molar-refractivity contribution in [3.63, 3.8) is 0 Å². The van der Waals surface area contributed by atoms with Crippen LogP contribution in [-0.2, 0) is 0 Å². The number of hydrogen-bond donors (Lipinski definition) is 2. The van der Waals surface area contributed by atoms with E-state index in [1.807, 2.05) is 4.90 Å². The standard InChI is InChI=1S/C12H23N3O/c1-12(2)9(13)8-10(12)14-11(16)15-6-4-3-5-7-15/h9-10H,3-8,13H2,1-2H3,(H,14,16). The van der Waals surface area contributed by atoms with Gasteiger partial charge in [0.2, 0.25) is 0 Å². The first-order valence-electron chi connectivity index (χ1n) is 6.33. The maximum atomic E-state index is 12.0. The van der Waals surface area contributed by atoms with Gasteiger partial charge in [0, 0.05) is 30.6 Å². The molecular weight excluding hydrogens is 202 g/mol. The Balaban J connectivity index is 1.83. The van der Waals surface area contributed by atoms with E-state index in [0.29, 0.717) is 0 Å². The molecule has 4 heteroatoms. The lowest BCUT2D eigenvalue weighted by Gasteiger charge is -2.50. The summed E-state index contributed by atoms with van der Waals surface area (Å²) >= 11 is 0. The average molecular weight is 225 g/mol. The molecule has 2 amide bonds. The first kappa shape index (κ1) is 11.7. The molecule has 2 fully saturated rings. The number of amides is 2. The Labute approximate surface area is 97.6 Å². The van der Waals surface area contributed by atoms with Crippen molar-refractivity contribution in [3.05, 3.63) is 0 Å². The third kappa shape index (κ3) is 2.03. The van der Waals surface area contributed by atoms with Gasteiger partial charge in [-0.3, -0.25) is 0 Å². The predicted octanol–water partition coefficient (Wildman–Crippen LogP) is 1.31. The van der Waals surface area contributed by atoms with Gasteiger partial charge in [-0.05, 0) is 25.7 Å². The van der Waals surface area contributed by atoms with E-state index < -0.39 is 0 Å². The normalized spacial score (nSPS) is 33.1. The van der Waals surface area contributed by atoms with E-state index in [2.05, 4.69) is 19.2 Å². The Kier molecular flexibility index (Phi) is 3.10. The minimum absolute atomic E-state index is 0.0471. The number of likely N-dealkylation sites (tertiary alicyclic amines) is 1. The minimum Gasteiger partial charge on any atom is -0.335 e. The van der Waals surface area contributed by atoms with Crippen molar-refractivity contribution in [2.24, 2.45) is 11.1 Å². The van der Waals surface area contributed by atoms with Gasteiger partial charge in [0.25, 0.3) is 0 Å². The van der Waals surface area contributed by atoms with Gasteiger partial charge in [-0.15, -0.1) is 0 Å². The molecule has 92 valence electrons. The van der Waals surface area contributed by atoms with E-state index in [-0.39, 0.29) is 23.5 Å². The number of hydrogen-bond acceptors (Lipinski definition) is 2. The third-order valence-corrected chi connectivity index (χ3v) is 4.28. The fraction of sp³-hybridized carbons (Fsp3) is 0.917. The summed E-state index contributed by atoms with van der Waals surface area (Å²) in [5.74, 6) is 0. The van der Waals surface area contributed by atoms with Crippen LogP contribution in [0.25, 0.3) is 0 Å². The lowest BCUT2D eigenvalue weighted by Crippen LogP contribution is -2.65. The van der Waals surface area contributed by atoms with Crippen LogP contribution in [0, 0.1) is 5.41 Å². The molecule has 1 heterocycles. The van der Waals surface area contributed by atoms with Crippen LogP contribution in [0.4, 0.5) is 4.79 Å². The summed E-state index contributed by atoms with van der Waals surface area (Å²) in [5, 5.41) is 3.11. The summed E-state index contributed by atoms with van der Waals surface area (Å²) in [6, 6.07) is 0.570. The molecule has 4 nitrogen and oxygen atoms in total. The van der Waals surface area contributed by atoms with E-state index >= 15 is 0 Å². The zero-order valence-corrected chi connectivity index (χ0v) is 10.3. The van der Waals surface area contributed by atoms with Gasteiger partial charge in [0.05, 0.1) is 0 Å². The Morgan fingerprint density at radius 2 is 1.94 bits per heavy atom. The van der Waals surface area contributed by atoms with Crippen LogP contribution in [0.2, 0.25) is 0 Å². The van der Waals surface area contributed by atoms with Gasteiger partial charge in [-0.25, -0.2) is 4.79 Å². The second kappa shape index (κ2) is 4.24. The van der Waals surface area contributed by atoms with Gasteiger partial charge < -0.3 is 16.0 Å². The van der Waals surface area contributed by atoms with Crippen LogP contribution in [0.5, 0.6) is 0 Å². The topological polar surface area (TPSA) is 58.4 Å². The quantitative estimate of drug-likeness (QED) is 0.707. The predicted molar refractivity (Wildman–Crippen MR) is 64.1 cm³/mol. The van der Waals surface area contributed by atoms with Crippen molar-refractivity contribution in [2.45, 2.75) is 51.6 Å². The molecule has 0 spiro atoms. The molecule has 2 unspecified atom stereocenters. The molecule has 1 saturated heterocycles. The molecule has 0 aromatic heterocycles. The largest absolute Gasteiger partial charge is 0.335 e. The molecule has 1 aliphatic carbocycles. The summed E-state index contributed by atoms with van der Waals surface area (Å²) < 4.78 is 0. The summed E-state index contributed by atoms with van der Waals surface area (Å²) in [5.41, 5.74) is 5.98. The zero-order valence-electron chi connectivity index (χ0n) is 10.3. The highest BCUT2D eigenvalue weighted by molar-refractivity contribution is 5.74. The number of carbonyl (C=O) groups is 1. The van der Waals surface area contributed by atoms with E-state index in [0.717, 1.165) is 32.4 Å². The van der Waals surface area contributed by atoms with E-state index in [1.54, 1.807) is 0 Å². The van der Waals surface area contributed by atoms with Crippen LogP contribution < -0.4 is 11.1 Å². The van der Waals surface area contributed by atoms with Crippen LogP contribution in [0.15, 0.2) is 0 Å². The fourth-order valence-electron chi connectivity index (χ4n) is 2.54. The van der Waals surface area contributed by atoms with Gasteiger partial charge in [0.1, 0.15) is 0 Å². The number of nitrogens with zero attached hydrogens (tertiary/aromatic N) is 1. The maximum absolute atomic E-state index is 12.0. The highest BCUT2D eigenvalue weighted by atomic mass is 16.2. The summed E-state index contributed by atoms with van der Waals surface area (Å²) in [6.45, 7) is 6.07. The molecule has 2 rings (SSSR count). The number of nitrogens with two attached hydrogens (primary N) is 1. The highest BCUT2D eigenvalue weighted by Crippen LogP contribution is 2.39. The summed E-state index contributed by atoms with van der Waals surface area (Å²) in [7, 11) is 0. The van der Waals surface area contributed by atoms with Crippen molar-refractivity contribution in [1.82, 2.24) is 10.2 Å². The second-order valence-corrected chi connectivity index (χ2v) is 5.71. The SMILES string of the molecule is CC1(C)C(N)CC1NC(=O)N1CCCCC1. The number of piperidine rings is 1. The van der Waals surface area contributed by atoms with Gasteiger partial charge >= 0.3 is 6.03 Å². The van der Waals surface area contributed by atoms with E-state index in [1.165, 1.54) is 6.42 Å². The van der Waals surface area contributed by atoms with Gasteiger partial charge in [-0.2, -0.15) is 0 Å². The van der Waals surface area contributed by atoms with Crippen molar-refractivity contribution in [2.75, 3.05) is 13.1 Å². The molecule has 3 N–H and O–H groups in total. The molecule has 0 aromatic rings. The molecule has 0 aromatic carbocycles. The minimum atomic E-state index is 0.0471. The fourth-order valence-corrected chi connectivity index (χ4v) is 2.54. The monoisotopic (exact) mass is 225 g/mol. The highest BCUT2D eigenvalue weighted by Gasteiger charge is 2.47. The van der Waals surface area contributed by atoms with Gasteiger partial charge in [0.15, 0.2) is 0 Å². The Hall–Kier alpha value is -0.770. The molecule has 1 aliphatic heterocycles. The van der Waals surface area contributed by atoms with Crippen LogP contribution in [-0.4, -0.2) is 36.1 Å². The van der Waals surface area contributed by atoms with Crippen molar-refractivity contribution in [3.8, 4) is 0 Å². The van der Waals surface area contributed by atoms with Crippen molar-refractivity contribution >= 4 is 6.03 Å². The Morgan fingerprint density at radius 1 is 1.31 bits per heavy atom. The summed E-state index contributed by atoms with van der Waals surface area (Å²) in [4.78, 5) is 13.9. The third-order valence-electron chi connectivity index (χ3n) is 4.28. The molecule has 0 radical (unpaired) electrons. The number of nitrogens with one attached hydrogen (secondary N) is 1. The van der Waals surface area contributed by atoms with E-state index in [4.69, 9.17) is 5.73 Å². The van der Waals surface area contributed by atoms with Crippen LogP contribution in [0.3, 0.4) is 0 Å². The molecule has 1 saturated carbocycles. The molecule has 2 aliphatic rings. The van der Waals surface area contributed by atoms with Gasteiger partial charge in [-0.1, -0.05) is 13.8 Å². The molecule has 16 heavy (non-hydrogen) atoms. The molecule has 0 bridgehead atoms. The van der Waals surface area contributed by atoms with Crippen molar-refractivity contribution in [1.29, 1.82) is 0 Å². The second-order valence-electron chi connectivity index (χ2n) is 5.71. The maximum Gasteiger partial charge on any atom is 0.317 e. The zero-order chi connectivity index (χ0) is 11.8. The van der Waals surface area contributed by atoms with Crippen LogP contribution in [0.1, 0.15) is 39.5 Å². The molecular formula is C12H23N3O. The average Bonchev–Trinajstić information content (AvgIpc) is 2.29. The number of urea groups is 1. The lowest BCUT2D eigenvalue weighted by molar-refractivity contribution is 0.0725. The summed E-state index contributed by atoms with van der Waals surface area (Å²) in [6.07, 6.45) is 4.44. The smallest absolute Gasteiger partial charge is 0.317 e. The Bertz CT molecular complexity index is 271.